The predicted octanol–water partition coefficient (Wildman–Crippen LogP) is 4.35. The third-order valence-electron chi connectivity index (χ3n) is 5.94. The van der Waals surface area contributed by atoms with E-state index in [1.165, 1.54) is 16.9 Å². The molecule has 1 aliphatic rings. The third-order valence-corrected chi connectivity index (χ3v) is 6.86. The zero-order valence-electron chi connectivity index (χ0n) is 20.5. The number of nitrogens with zero attached hydrogens (tertiary/aromatic N) is 4. The van der Waals surface area contributed by atoms with Crippen molar-refractivity contribution < 1.29 is 14.3 Å². The first kappa shape index (κ1) is 25.9. The summed E-state index contributed by atoms with van der Waals surface area (Å²) in [6.45, 7) is 1.75. The van der Waals surface area contributed by atoms with E-state index in [2.05, 4.69) is 67.1 Å². The molecule has 0 aliphatic carbocycles. The minimum Gasteiger partial charge on any atom is -0.381 e. The van der Waals surface area contributed by atoms with Gasteiger partial charge in [0.25, 0.3) is 0 Å². The van der Waals surface area contributed by atoms with E-state index < -0.39 is 0 Å². The molecule has 4 aromatic rings. The van der Waals surface area contributed by atoms with Gasteiger partial charge in [0.15, 0.2) is 5.65 Å². The van der Waals surface area contributed by atoms with E-state index in [-0.39, 0.29) is 0 Å². The van der Waals surface area contributed by atoms with E-state index in [9.17, 15) is 4.79 Å². The number of amides is 1. The molecule has 1 aliphatic heterocycles. The summed E-state index contributed by atoms with van der Waals surface area (Å²) in [7, 11) is 1.76. The van der Waals surface area contributed by atoms with Gasteiger partial charge in [-0.15, -0.1) is 15.3 Å². The van der Waals surface area contributed by atoms with Crippen LogP contribution in [0.2, 0.25) is 0 Å². The molecule has 3 aromatic heterocycles. The van der Waals surface area contributed by atoms with Gasteiger partial charge in [0.05, 0.1) is 11.8 Å². The monoisotopic (exact) mass is 508 g/mol. The topological polar surface area (TPSA) is 115 Å². The van der Waals surface area contributed by atoms with Gasteiger partial charge in [-0.1, -0.05) is 41.7 Å². The molecule has 0 saturated carbocycles. The summed E-state index contributed by atoms with van der Waals surface area (Å²) in [6, 6.07) is 14.7. The number of hydrogen-bond acceptors (Lipinski definition) is 8. The molecule has 36 heavy (non-hydrogen) atoms. The maximum atomic E-state index is 10.4. The molecule has 9 nitrogen and oxygen atoms in total. The van der Waals surface area contributed by atoms with Crippen LogP contribution in [0, 0.1) is 0 Å². The number of methoxy groups -OCH3 is 1. The normalized spacial score (nSPS) is 13.8. The number of rotatable bonds is 10. The van der Waals surface area contributed by atoms with Crippen LogP contribution in [0.3, 0.4) is 0 Å². The van der Waals surface area contributed by atoms with Gasteiger partial charge in [-0.25, -0.2) is 0 Å². The number of aromatic amines is 1. The number of fused-ring (bicyclic) bond motifs is 1. The first-order chi connectivity index (χ1) is 17.7. The van der Waals surface area contributed by atoms with E-state index in [1.54, 1.807) is 7.11 Å². The Balaban J connectivity index is 0.000000325. The lowest BCUT2D eigenvalue weighted by atomic mass is 10.1. The second-order valence-corrected chi connectivity index (χ2v) is 9.68. The number of hydrogen-bond donors (Lipinski definition) is 2. The molecule has 2 N–H and O–H groups in total. The van der Waals surface area contributed by atoms with Crippen molar-refractivity contribution in [3.05, 3.63) is 64.4 Å². The number of benzene rings is 1. The predicted molar refractivity (Wildman–Crippen MR) is 140 cm³/mol. The van der Waals surface area contributed by atoms with Crippen LogP contribution in [0.4, 0.5) is 5.13 Å². The largest absolute Gasteiger partial charge is 0.381 e. The van der Waals surface area contributed by atoms with Crippen molar-refractivity contribution >= 4 is 33.9 Å². The van der Waals surface area contributed by atoms with Crippen molar-refractivity contribution in [2.75, 3.05) is 25.6 Å². The van der Waals surface area contributed by atoms with Crippen molar-refractivity contribution in [1.82, 2.24) is 25.4 Å². The van der Waals surface area contributed by atoms with Crippen molar-refractivity contribution in [2.24, 2.45) is 0 Å². The van der Waals surface area contributed by atoms with Crippen LogP contribution in [0.15, 0.2) is 42.5 Å². The number of ether oxygens (including phenoxy) is 2. The van der Waals surface area contributed by atoms with E-state index in [0.717, 1.165) is 85.6 Å². The van der Waals surface area contributed by atoms with Crippen LogP contribution in [-0.4, -0.2) is 58.2 Å². The number of anilines is 1. The first-order valence-corrected chi connectivity index (χ1v) is 13.1. The Morgan fingerprint density at radius 1 is 1.08 bits per heavy atom. The summed E-state index contributed by atoms with van der Waals surface area (Å²) in [5, 5.41) is 21.8. The minimum absolute atomic E-state index is 0.462. The van der Waals surface area contributed by atoms with Crippen LogP contribution in [-0.2, 0) is 33.5 Å². The highest BCUT2D eigenvalue weighted by Gasteiger charge is 2.11. The second kappa shape index (κ2) is 13.8. The average molecular weight is 509 g/mol. The Labute approximate surface area is 214 Å². The van der Waals surface area contributed by atoms with Gasteiger partial charge in [0, 0.05) is 44.2 Å². The molecule has 0 radical (unpaired) electrons. The van der Waals surface area contributed by atoms with Crippen LogP contribution in [0.5, 0.6) is 0 Å². The quantitative estimate of drug-likeness (QED) is 0.242. The number of aromatic nitrogens is 5. The molecule has 190 valence electrons. The lowest BCUT2D eigenvalue weighted by molar-refractivity contribution is -0.105. The van der Waals surface area contributed by atoms with E-state index >= 15 is 0 Å². The maximum absolute atomic E-state index is 10.4. The van der Waals surface area contributed by atoms with Gasteiger partial charge in [-0.05, 0) is 49.8 Å². The molecular formula is C26H32N6O3S. The standard InChI is InChI=1S/C20H20N6OS.C6H12O2/c27-13-21-20-26-24-18(28-20)9-5-4-8-16-11-15-12-17(22-19(15)25-23-16)10-14-6-2-1-3-7-14;1-7-6-2-4-8-5-3-6/h1-3,6-7,11-13H,4-5,8-10H2,(H,22,25)(H,21,26,27);6H,2-5H2,1H3. The molecule has 0 spiro atoms. The van der Waals surface area contributed by atoms with Gasteiger partial charge in [0.2, 0.25) is 11.5 Å². The Kier molecular flexibility index (Phi) is 9.89. The fraction of sp³-hybridized carbons (Fsp3) is 0.423. The van der Waals surface area contributed by atoms with Gasteiger partial charge >= 0.3 is 0 Å². The van der Waals surface area contributed by atoms with Crippen LogP contribution < -0.4 is 5.32 Å². The molecule has 1 aromatic carbocycles. The molecule has 0 unspecified atom stereocenters. The fourth-order valence-corrected chi connectivity index (χ4v) is 4.76. The molecule has 0 atom stereocenters. The smallest absolute Gasteiger partial charge is 0.213 e. The average Bonchev–Trinajstić information content (AvgIpc) is 3.54. The van der Waals surface area contributed by atoms with Gasteiger partial charge in [0.1, 0.15) is 5.01 Å². The summed E-state index contributed by atoms with van der Waals surface area (Å²) < 4.78 is 10.2. The van der Waals surface area contributed by atoms with E-state index in [0.29, 0.717) is 17.6 Å². The Hall–Kier alpha value is -3.21. The Bertz CT molecular complexity index is 1210. The lowest BCUT2D eigenvalue weighted by Gasteiger charge is -2.19. The van der Waals surface area contributed by atoms with Crippen molar-refractivity contribution in [3.8, 4) is 0 Å². The minimum atomic E-state index is 0.462. The zero-order valence-corrected chi connectivity index (χ0v) is 21.3. The van der Waals surface area contributed by atoms with Crippen molar-refractivity contribution in [2.45, 2.75) is 51.0 Å². The van der Waals surface area contributed by atoms with Gasteiger partial charge in [-0.2, -0.15) is 5.10 Å². The van der Waals surface area contributed by atoms with Crippen LogP contribution >= 0.6 is 11.3 Å². The number of aryl methyl sites for hydroxylation is 2. The highest BCUT2D eigenvalue weighted by molar-refractivity contribution is 7.15. The lowest BCUT2D eigenvalue weighted by Crippen LogP contribution is -2.21. The summed E-state index contributed by atoms with van der Waals surface area (Å²) >= 11 is 1.41. The zero-order chi connectivity index (χ0) is 25.0. The van der Waals surface area contributed by atoms with Gasteiger partial charge in [-0.3, -0.25) is 4.79 Å². The molecule has 4 heterocycles. The molecule has 10 heteroatoms. The van der Waals surface area contributed by atoms with E-state index in [1.807, 2.05) is 6.07 Å². The van der Waals surface area contributed by atoms with Crippen LogP contribution in [0.1, 0.15) is 47.6 Å². The molecular weight excluding hydrogens is 476 g/mol. The highest BCUT2D eigenvalue weighted by Crippen LogP contribution is 2.19. The second-order valence-electron chi connectivity index (χ2n) is 8.61. The summed E-state index contributed by atoms with van der Waals surface area (Å²) in [5.41, 5.74) is 4.24. The van der Waals surface area contributed by atoms with Gasteiger partial charge < -0.3 is 19.8 Å². The van der Waals surface area contributed by atoms with Crippen molar-refractivity contribution in [3.63, 3.8) is 0 Å². The van der Waals surface area contributed by atoms with Crippen molar-refractivity contribution in [1.29, 1.82) is 0 Å². The van der Waals surface area contributed by atoms with E-state index in [4.69, 9.17) is 9.47 Å². The fourth-order valence-electron chi connectivity index (χ4n) is 4.02. The number of carbonyl (C=O) groups excluding carboxylic acids is 1. The first-order valence-electron chi connectivity index (χ1n) is 12.2. The number of nitrogens with one attached hydrogen (secondary N) is 2. The summed E-state index contributed by atoms with van der Waals surface area (Å²) in [5.74, 6) is 0. The third kappa shape index (κ3) is 7.91. The summed E-state index contributed by atoms with van der Waals surface area (Å²) in [4.78, 5) is 13.8. The Morgan fingerprint density at radius 2 is 1.89 bits per heavy atom. The molecule has 1 saturated heterocycles. The number of unbranched alkanes of at least 4 members (excludes halogenated alkanes) is 1. The molecule has 1 fully saturated rings. The van der Waals surface area contributed by atoms with Crippen LogP contribution in [0.25, 0.3) is 11.0 Å². The molecule has 0 bridgehead atoms. The molecule has 1 amide bonds. The number of carbonyl (C=O) groups is 1. The molecule has 5 rings (SSSR count). The highest BCUT2D eigenvalue weighted by atomic mass is 32.1. The summed E-state index contributed by atoms with van der Waals surface area (Å²) in [6.07, 6.45) is 7.77. The SMILES string of the molecule is COC1CCOCC1.O=CNc1nnc(CCCCc2cc3cc(Cc4ccccc4)[nH]c3nn2)s1. The maximum Gasteiger partial charge on any atom is 0.213 e. The Morgan fingerprint density at radius 3 is 2.64 bits per heavy atom. The number of H-pyrrole nitrogens is 1.